The van der Waals surface area contributed by atoms with Crippen LogP contribution in [-0.4, -0.2) is 46.2 Å². The van der Waals surface area contributed by atoms with Crippen LogP contribution in [0.2, 0.25) is 0 Å². The van der Waals surface area contributed by atoms with Crippen molar-refractivity contribution in [1.82, 2.24) is 19.7 Å². The Balaban J connectivity index is 1.36. The second kappa shape index (κ2) is 11.8. The summed E-state index contributed by atoms with van der Waals surface area (Å²) in [6.07, 6.45) is 5.15. The number of unbranched alkanes of at least 4 members (excludes halogenated alkanes) is 1. The summed E-state index contributed by atoms with van der Waals surface area (Å²) < 4.78 is 3.15. The summed E-state index contributed by atoms with van der Waals surface area (Å²) in [6.45, 7) is 3.68. The molecule has 2 heterocycles. The average molecular weight is 597 g/mol. The number of nitrogens with zero attached hydrogens (tertiary/aromatic N) is 4. The molecule has 0 bridgehead atoms. The Morgan fingerprint density at radius 2 is 1.89 bits per heavy atom. The number of aromatic nitrogens is 3. The number of rotatable bonds is 10. The summed E-state index contributed by atoms with van der Waals surface area (Å²) in [6, 6.07) is 16.4. The number of carbonyl (C=O) groups excluding carboxylic acids is 1. The molecule has 0 aliphatic rings. The van der Waals surface area contributed by atoms with Crippen LogP contribution in [0, 0.1) is 10.5 Å². The molecule has 0 fully saturated rings. The van der Waals surface area contributed by atoms with Gasteiger partial charge < -0.3 is 16.0 Å². The van der Waals surface area contributed by atoms with Crippen molar-refractivity contribution in [1.29, 1.82) is 0 Å². The van der Waals surface area contributed by atoms with E-state index in [1.54, 1.807) is 6.20 Å². The van der Waals surface area contributed by atoms with Gasteiger partial charge in [-0.1, -0.05) is 29.8 Å². The van der Waals surface area contributed by atoms with Crippen molar-refractivity contribution >= 4 is 51.0 Å². The zero-order valence-corrected chi connectivity index (χ0v) is 23.2. The van der Waals surface area contributed by atoms with Crippen LogP contribution in [0.25, 0.3) is 22.2 Å². The fourth-order valence-electron chi connectivity index (χ4n) is 4.27. The monoisotopic (exact) mass is 596 g/mol. The van der Waals surface area contributed by atoms with Crippen LogP contribution in [0.1, 0.15) is 30.4 Å². The molecule has 8 heteroatoms. The van der Waals surface area contributed by atoms with Gasteiger partial charge in [0.2, 0.25) is 5.91 Å². The number of fused-ring (bicyclic) bond motifs is 1. The number of anilines is 2. The Labute approximate surface area is 226 Å². The molecule has 3 N–H and O–H groups in total. The third-order valence-electron chi connectivity index (χ3n) is 6.20. The summed E-state index contributed by atoms with van der Waals surface area (Å²) in [5.74, 6) is 0.518. The second-order valence-corrected chi connectivity index (χ2v) is 10.6. The number of nitrogens with one attached hydrogen (secondary N) is 1. The molecule has 0 unspecified atom stereocenters. The number of carbonyl (C=O) groups is 1. The Morgan fingerprint density at radius 1 is 1.11 bits per heavy atom. The molecule has 0 radical (unpaired) electrons. The molecule has 4 aromatic rings. The van der Waals surface area contributed by atoms with E-state index in [2.05, 4.69) is 68.0 Å². The number of likely N-dealkylation sites (N-methyl/N-ethyl adjacent to an activating group) is 1. The van der Waals surface area contributed by atoms with E-state index in [4.69, 9.17) is 5.73 Å². The Bertz CT molecular complexity index is 1350. The summed E-state index contributed by atoms with van der Waals surface area (Å²) in [7, 11) is 4.06. The number of nitrogens with two attached hydrogens (primary N) is 1. The predicted molar refractivity (Wildman–Crippen MR) is 156 cm³/mol. The predicted octanol–water partition coefficient (Wildman–Crippen LogP) is 5.51. The van der Waals surface area contributed by atoms with E-state index in [9.17, 15) is 4.79 Å². The van der Waals surface area contributed by atoms with E-state index >= 15 is 0 Å². The van der Waals surface area contributed by atoms with Crippen molar-refractivity contribution in [3.05, 3.63) is 69.4 Å². The van der Waals surface area contributed by atoms with Gasteiger partial charge in [-0.15, -0.1) is 0 Å². The quantitative estimate of drug-likeness (QED) is 0.186. The third-order valence-corrected chi connectivity index (χ3v) is 7.25. The molecule has 0 spiro atoms. The van der Waals surface area contributed by atoms with E-state index in [-0.39, 0.29) is 5.91 Å². The zero-order valence-electron chi connectivity index (χ0n) is 21.1. The van der Waals surface area contributed by atoms with Gasteiger partial charge in [-0.25, -0.2) is 9.67 Å². The van der Waals surface area contributed by atoms with E-state index in [0.717, 1.165) is 53.7 Å². The Morgan fingerprint density at radius 3 is 2.64 bits per heavy atom. The number of pyridine rings is 1. The molecule has 4 rings (SSSR count). The maximum absolute atomic E-state index is 12.5. The number of nitrogen functional groups attached to an aromatic ring is 1. The van der Waals surface area contributed by atoms with Gasteiger partial charge in [0.1, 0.15) is 0 Å². The topological polar surface area (TPSA) is 89.1 Å². The average Bonchev–Trinajstić information content (AvgIpc) is 3.19. The van der Waals surface area contributed by atoms with Crippen LogP contribution in [-0.2, 0) is 17.8 Å². The fraction of sp³-hybridized carbons (Fsp3) is 0.321. The molecule has 0 saturated heterocycles. The van der Waals surface area contributed by atoms with Gasteiger partial charge in [0.15, 0.2) is 11.5 Å². The molecule has 0 aliphatic carbocycles. The molecule has 0 saturated carbocycles. The van der Waals surface area contributed by atoms with E-state index < -0.39 is 0 Å². The zero-order chi connectivity index (χ0) is 25.7. The highest BCUT2D eigenvalue weighted by molar-refractivity contribution is 14.1. The van der Waals surface area contributed by atoms with Crippen LogP contribution >= 0.6 is 22.6 Å². The van der Waals surface area contributed by atoms with Crippen LogP contribution in [0.4, 0.5) is 11.5 Å². The Kier molecular flexibility index (Phi) is 8.58. The molecule has 2 aromatic heterocycles. The Hall–Kier alpha value is -2.98. The van der Waals surface area contributed by atoms with Crippen molar-refractivity contribution in [2.24, 2.45) is 0 Å². The number of amides is 1. The normalized spacial score (nSPS) is 11.4. The van der Waals surface area contributed by atoms with Crippen molar-refractivity contribution in [2.75, 3.05) is 31.7 Å². The smallest absolute Gasteiger partial charge is 0.224 e. The lowest BCUT2D eigenvalue weighted by Crippen LogP contribution is -2.19. The lowest BCUT2D eigenvalue weighted by Gasteiger charge is -2.10. The first-order chi connectivity index (χ1) is 17.3. The lowest BCUT2D eigenvalue weighted by atomic mass is 10.0. The highest BCUT2D eigenvalue weighted by Gasteiger charge is 2.15. The molecule has 188 valence electrons. The van der Waals surface area contributed by atoms with Gasteiger partial charge in [-0.2, -0.15) is 5.10 Å². The highest BCUT2D eigenvalue weighted by atomic mass is 127. The standard InChI is InChI=1S/C28H33IN6O/c1-19-8-13-24(29)21(18-19)6-4-5-7-25(36)32-22-11-9-20(10-12-22)23-14-15-31-28-26(23)27(30)33-35(28)17-16-34(2)3/h8-15,18H,4-7,16-17H2,1-3H3,(H2,30,33)(H,32,36). The summed E-state index contributed by atoms with van der Waals surface area (Å²) in [5, 5.41) is 8.40. The SMILES string of the molecule is Cc1ccc(I)c(CCCCC(=O)Nc2ccc(-c3ccnc4c3c(N)nn4CCN(C)C)cc2)c1. The van der Waals surface area contributed by atoms with Gasteiger partial charge in [-0.05, 0) is 104 Å². The van der Waals surface area contributed by atoms with Gasteiger partial charge >= 0.3 is 0 Å². The summed E-state index contributed by atoms with van der Waals surface area (Å²) in [5.41, 5.74) is 12.5. The van der Waals surface area contributed by atoms with E-state index in [0.29, 0.717) is 18.8 Å². The van der Waals surface area contributed by atoms with Crippen LogP contribution in [0.3, 0.4) is 0 Å². The molecule has 2 aromatic carbocycles. The highest BCUT2D eigenvalue weighted by Crippen LogP contribution is 2.32. The van der Waals surface area contributed by atoms with Crippen molar-refractivity contribution in [3.8, 4) is 11.1 Å². The molecule has 0 aliphatic heterocycles. The van der Waals surface area contributed by atoms with Gasteiger partial charge in [0, 0.05) is 28.4 Å². The first-order valence-electron chi connectivity index (χ1n) is 12.2. The first-order valence-corrected chi connectivity index (χ1v) is 13.3. The maximum atomic E-state index is 12.5. The summed E-state index contributed by atoms with van der Waals surface area (Å²) >= 11 is 2.38. The lowest BCUT2D eigenvalue weighted by molar-refractivity contribution is -0.116. The fourth-order valence-corrected chi connectivity index (χ4v) is 4.88. The molecule has 7 nitrogen and oxygen atoms in total. The number of benzene rings is 2. The summed E-state index contributed by atoms with van der Waals surface area (Å²) in [4.78, 5) is 19.1. The molecule has 1 amide bonds. The van der Waals surface area contributed by atoms with Gasteiger partial charge in [-0.3, -0.25) is 4.79 Å². The minimum absolute atomic E-state index is 0.0411. The van der Waals surface area contributed by atoms with Crippen molar-refractivity contribution in [2.45, 2.75) is 39.2 Å². The number of halogens is 1. The molecule has 0 atom stereocenters. The number of hydrogen-bond donors (Lipinski definition) is 2. The van der Waals surface area contributed by atoms with Gasteiger partial charge in [0.05, 0.1) is 11.9 Å². The number of hydrogen-bond acceptors (Lipinski definition) is 5. The van der Waals surface area contributed by atoms with E-state index in [1.165, 1.54) is 14.7 Å². The molecular formula is C28H33IN6O. The van der Waals surface area contributed by atoms with Crippen LogP contribution in [0.15, 0.2) is 54.7 Å². The minimum atomic E-state index is 0.0411. The van der Waals surface area contributed by atoms with Crippen LogP contribution in [0.5, 0.6) is 0 Å². The molecule has 36 heavy (non-hydrogen) atoms. The van der Waals surface area contributed by atoms with E-state index in [1.807, 2.05) is 49.1 Å². The third kappa shape index (κ3) is 6.41. The van der Waals surface area contributed by atoms with Crippen LogP contribution < -0.4 is 11.1 Å². The number of aryl methyl sites for hydroxylation is 2. The minimum Gasteiger partial charge on any atom is -0.382 e. The van der Waals surface area contributed by atoms with Crippen molar-refractivity contribution < 1.29 is 4.79 Å². The maximum Gasteiger partial charge on any atom is 0.224 e. The first kappa shape index (κ1) is 26.1. The van der Waals surface area contributed by atoms with Gasteiger partial charge in [0.25, 0.3) is 0 Å². The second-order valence-electron chi connectivity index (χ2n) is 9.40. The molecular weight excluding hydrogens is 563 g/mol. The van der Waals surface area contributed by atoms with Crippen molar-refractivity contribution in [3.63, 3.8) is 0 Å². The largest absolute Gasteiger partial charge is 0.382 e.